The van der Waals surface area contributed by atoms with Crippen molar-refractivity contribution in [3.05, 3.63) is 54.1 Å². The van der Waals surface area contributed by atoms with E-state index in [9.17, 15) is 9.59 Å². The fraction of sp³-hybridized carbons (Fsp3) is 0.375. The molecule has 1 fully saturated rings. The molecule has 0 radical (unpaired) electrons. The minimum absolute atomic E-state index is 0.250. The third-order valence-electron chi connectivity index (χ3n) is 5.69. The molecule has 4 rings (SSSR count). The molecule has 1 aliphatic rings. The first kappa shape index (κ1) is 21.7. The lowest BCUT2D eigenvalue weighted by atomic mass is 9.97. The van der Waals surface area contributed by atoms with Crippen LogP contribution in [0.3, 0.4) is 0 Å². The van der Waals surface area contributed by atoms with Crippen molar-refractivity contribution in [3.63, 3.8) is 0 Å². The van der Waals surface area contributed by atoms with Crippen LogP contribution in [0, 0.1) is 5.92 Å². The van der Waals surface area contributed by atoms with Gasteiger partial charge in [0.1, 0.15) is 11.3 Å². The average molecular weight is 437 g/mol. The number of benzene rings is 2. The summed E-state index contributed by atoms with van der Waals surface area (Å²) >= 11 is 0. The fourth-order valence-corrected chi connectivity index (χ4v) is 3.80. The van der Waals surface area contributed by atoms with Gasteiger partial charge in [0.15, 0.2) is 11.7 Å². The number of hydrogen-bond donors (Lipinski definition) is 1. The van der Waals surface area contributed by atoms with Crippen LogP contribution in [0.15, 0.2) is 52.9 Å². The van der Waals surface area contributed by atoms with Crippen LogP contribution in [-0.2, 0) is 20.9 Å². The molecular weight excluding hydrogens is 410 g/mol. The van der Waals surface area contributed by atoms with Crippen molar-refractivity contribution >= 4 is 29.0 Å². The molecule has 8 heteroatoms. The van der Waals surface area contributed by atoms with Crippen molar-refractivity contribution in [1.82, 2.24) is 10.3 Å². The lowest BCUT2D eigenvalue weighted by Gasteiger charge is -2.30. The molecule has 1 N–H and O–H groups in total. The molecule has 32 heavy (non-hydrogen) atoms. The minimum Gasteiger partial charge on any atom is -0.496 e. The average Bonchev–Trinajstić information content (AvgIpc) is 3.27. The number of aromatic nitrogens is 1. The Morgan fingerprint density at radius 1 is 1.16 bits per heavy atom. The second-order valence-electron chi connectivity index (χ2n) is 7.83. The Balaban J connectivity index is 1.25. The van der Waals surface area contributed by atoms with E-state index >= 15 is 0 Å². The lowest BCUT2D eigenvalue weighted by Crippen LogP contribution is -2.40. The van der Waals surface area contributed by atoms with Crippen LogP contribution in [0.5, 0.6) is 5.75 Å². The van der Waals surface area contributed by atoms with Gasteiger partial charge in [0.2, 0.25) is 0 Å². The van der Waals surface area contributed by atoms with E-state index in [4.69, 9.17) is 13.9 Å². The highest BCUT2D eigenvalue weighted by Gasteiger charge is 2.30. The highest BCUT2D eigenvalue weighted by atomic mass is 16.5. The zero-order valence-electron chi connectivity index (χ0n) is 18.2. The molecule has 1 unspecified atom stereocenters. The van der Waals surface area contributed by atoms with Gasteiger partial charge in [-0.25, -0.2) is 0 Å². The summed E-state index contributed by atoms with van der Waals surface area (Å²) in [5, 5.41) is 2.80. The number of esters is 1. The van der Waals surface area contributed by atoms with Crippen LogP contribution < -0.4 is 15.0 Å². The largest absolute Gasteiger partial charge is 0.496 e. The van der Waals surface area contributed by atoms with E-state index in [2.05, 4.69) is 10.3 Å². The standard InChI is InChI=1S/C24H27N3O5/c1-16(22(28)25-15-18-7-3-5-9-20(18)30-2)31-23(29)17-11-13-27(14-12-17)24-26-19-8-4-6-10-21(19)32-24/h3-10,16-17H,11-15H2,1-2H3,(H,25,28). The Hall–Kier alpha value is -3.55. The Morgan fingerprint density at radius 2 is 1.88 bits per heavy atom. The molecule has 1 aromatic heterocycles. The zero-order valence-corrected chi connectivity index (χ0v) is 18.2. The number of oxazole rings is 1. The molecule has 1 saturated heterocycles. The Bertz CT molecular complexity index is 1050. The van der Waals surface area contributed by atoms with Crippen LogP contribution >= 0.6 is 0 Å². The molecule has 1 atom stereocenters. The smallest absolute Gasteiger partial charge is 0.309 e. The molecule has 0 spiro atoms. The first-order valence-electron chi connectivity index (χ1n) is 10.8. The van der Waals surface area contributed by atoms with E-state index in [1.807, 2.05) is 53.4 Å². The molecule has 1 aliphatic heterocycles. The second kappa shape index (κ2) is 9.72. The van der Waals surface area contributed by atoms with Gasteiger partial charge >= 0.3 is 5.97 Å². The van der Waals surface area contributed by atoms with Crippen LogP contribution in [0.25, 0.3) is 11.1 Å². The van der Waals surface area contributed by atoms with E-state index < -0.39 is 6.10 Å². The van der Waals surface area contributed by atoms with E-state index in [1.54, 1.807) is 14.0 Å². The van der Waals surface area contributed by atoms with E-state index in [0.717, 1.165) is 16.7 Å². The molecular formula is C24H27N3O5. The second-order valence-corrected chi connectivity index (χ2v) is 7.83. The number of piperidine rings is 1. The number of carbonyl (C=O) groups is 2. The lowest BCUT2D eigenvalue weighted by molar-refractivity contribution is -0.159. The summed E-state index contributed by atoms with van der Waals surface area (Å²) in [6.45, 7) is 3.17. The Labute approximate surface area is 186 Å². The number of rotatable bonds is 7. The van der Waals surface area contributed by atoms with Gasteiger partial charge in [-0.1, -0.05) is 30.3 Å². The SMILES string of the molecule is COc1ccccc1CNC(=O)C(C)OC(=O)C1CCN(c2nc3ccccc3o2)CC1. The van der Waals surface area contributed by atoms with Gasteiger partial charge in [-0.3, -0.25) is 9.59 Å². The molecule has 1 amide bonds. The summed E-state index contributed by atoms with van der Waals surface area (Å²) in [6, 6.07) is 15.6. The van der Waals surface area contributed by atoms with Gasteiger partial charge in [-0.15, -0.1) is 0 Å². The fourth-order valence-electron chi connectivity index (χ4n) is 3.80. The number of para-hydroxylation sites is 3. The molecule has 168 valence electrons. The highest BCUT2D eigenvalue weighted by Crippen LogP contribution is 2.27. The third-order valence-corrected chi connectivity index (χ3v) is 5.69. The summed E-state index contributed by atoms with van der Waals surface area (Å²) in [6.07, 6.45) is 0.368. The van der Waals surface area contributed by atoms with Crippen LogP contribution in [0.1, 0.15) is 25.3 Å². The number of carbonyl (C=O) groups excluding carboxylic acids is 2. The molecule has 0 aliphatic carbocycles. The quantitative estimate of drug-likeness (QED) is 0.567. The number of anilines is 1. The van der Waals surface area contributed by atoms with Crippen LogP contribution in [0.4, 0.5) is 6.01 Å². The van der Waals surface area contributed by atoms with Crippen molar-refractivity contribution in [2.24, 2.45) is 5.92 Å². The first-order chi connectivity index (χ1) is 15.5. The topological polar surface area (TPSA) is 93.9 Å². The van der Waals surface area contributed by atoms with Crippen LogP contribution in [0.2, 0.25) is 0 Å². The number of fused-ring (bicyclic) bond motifs is 1. The van der Waals surface area contributed by atoms with Crippen molar-refractivity contribution < 1.29 is 23.5 Å². The van der Waals surface area contributed by atoms with Crippen molar-refractivity contribution in [1.29, 1.82) is 0 Å². The summed E-state index contributed by atoms with van der Waals surface area (Å²) in [5.74, 6) is -0.237. The number of methoxy groups -OCH3 is 1. The highest BCUT2D eigenvalue weighted by molar-refractivity contribution is 5.84. The van der Waals surface area contributed by atoms with Gasteiger partial charge < -0.3 is 24.1 Å². The maximum Gasteiger partial charge on any atom is 0.309 e. The maximum atomic E-state index is 12.6. The predicted octanol–water partition coefficient (Wildman–Crippen LogP) is 3.30. The van der Waals surface area contributed by atoms with Gasteiger partial charge in [0, 0.05) is 25.2 Å². The summed E-state index contributed by atoms with van der Waals surface area (Å²) in [5.41, 5.74) is 2.42. The number of nitrogens with zero attached hydrogens (tertiary/aromatic N) is 2. The monoisotopic (exact) mass is 437 g/mol. The third kappa shape index (κ3) is 4.85. The molecule has 2 aromatic carbocycles. The maximum absolute atomic E-state index is 12.6. The van der Waals surface area contributed by atoms with E-state index in [-0.39, 0.29) is 17.8 Å². The predicted molar refractivity (Wildman–Crippen MR) is 119 cm³/mol. The van der Waals surface area contributed by atoms with Crippen molar-refractivity contribution in [2.75, 3.05) is 25.1 Å². The van der Waals surface area contributed by atoms with Gasteiger partial charge in [-0.2, -0.15) is 4.98 Å². The van der Waals surface area contributed by atoms with Gasteiger partial charge in [0.25, 0.3) is 11.9 Å². The number of amides is 1. The zero-order chi connectivity index (χ0) is 22.5. The van der Waals surface area contributed by atoms with Crippen LogP contribution in [-0.4, -0.2) is 43.2 Å². The van der Waals surface area contributed by atoms with E-state index in [1.165, 1.54) is 0 Å². The number of nitrogens with one attached hydrogen (secondary N) is 1. The molecule has 2 heterocycles. The Morgan fingerprint density at radius 3 is 2.62 bits per heavy atom. The minimum atomic E-state index is -0.868. The van der Waals surface area contributed by atoms with Gasteiger partial charge in [-0.05, 0) is 38.0 Å². The van der Waals surface area contributed by atoms with Gasteiger partial charge in [0.05, 0.1) is 13.0 Å². The summed E-state index contributed by atoms with van der Waals surface area (Å²) in [4.78, 5) is 31.5. The number of ether oxygens (including phenoxy) is 2. The molecule has 0 bridgehead atoms. The Kier molecular flexibility index (Phi) is 6.58. The van der Waals surface area contributed by atoms with Crippen molar-refractivity contribution in [2.45, 2.75) is 32.4 Å². The molecule has 3 aromatic rings. The number of hydrogen-bond acceptors (Lipinski definition) is 7. The first-order valence-corrected chi connectivity index (χ1v) is 10.8. The normalized spacial score (nSPS) is 15.4. The van der Waals surface area contributed by atoms with Crippen molar-refractivity contribution in [3.8, 4) is 5.75 Å². The van der Waals surface area contributed by atoms with E-state index in [0.29, 0.717) is 44.2 Å². The molecule has 0 saturated carbocycles. The molecule has 8 nitrogen and oxygen atoms in total. The summed E-state index contributed by atoms with van der Waals surface area (Å²) in [7, 11) is 1.58. The summed E-state index contributed by atoms with van der Waals surface area (Å²) < 4.78 is 16.5.